The summed E-state index contributed by atoms with van der Waals surface area (Å²) in [4.78, 5) is 22.0. The number of alkyl carbamates (subject to hydrolysis) is 1. The third-order valence-corrected chi connectivity index (χ3v) is 2.17. The second kappa shape index (κ2) is 7.34. The van der Waals surface area contributed by atoms with Crippen molar-refractivity contribution in [2.45, 2.75) is 32.8 Å². The number of carbonyl (C=O) groups is 2. The molecular weight excluding hydrogens is 254 g/mol. The van der Waals surface area contributed by atoms with Gasteiger partial charge in [0.05, 0.1) is 0 Å². The molecule has 0 bridgehead atoms. The highest BCUT2D eigenvalue weighted by molar-refractivity contribution is 5.75. The van der Waals surface area contributed by atoms with Gasteiger partial charge in [-0.25, -0.2) is 4.79 Å². The fourth-order valence-electron chi connectivity index (χ4n) is 1.40. The van der Waals surface area contributed by atoms with E-state index in [1.165, 1.54) is 0 Å². The van der Waals surface area contributed by atoms with E-state index in [0.29, 0.717) is 18.5 Å². The van der Waals surface area contributed by atoms with Crippen LogP contribution in [-0.2, 0) is 4.74 Å². The molecule has 0 spiro atoms. The number of benzene rings is 1. The minimum absolute atomic E-state index is 0.426. The summed E-state index contributed by atoms with van der Waals surface area (Å²) < 4.78 is 5.10. The van der Waals surface area contributed by atoms with Gasteiger partial charge >= 0.3 is 6.09 Å². The summed E-state index contributed by atoms with van der Waals surface area (Å²) in [5.74, 6) is 5.88. The maximum atomic E-state index is 11.4. The first-order valence-corrected chi connectivity index (χ1v) is 6.42. The van der Waals surface area contributed by atoms with Crippen molar-refractivity contribution in [3.8, 4) is 11.8 Å². The van der Waals surface area contributed by atoms with Gasteiger partial charge in [-0.15, -0.1) is 0 Å². The third-order valence-electron chi connectivity index (χ3n) is 2.17. The van der Waals surface area contributed by atoms with Crippen molar-refractivity contribution < 1.29 is 14.3 Å². The van der Waals surface area contributed by atoms with Gasteiger partial charge in [0, 0.05) is 24.1 Å². The van der Waals surface area contributed by atoms with Crippen LogP contribution in [0.4, 0.5) is 4.79 Å². The van der Waals surface area contributed by atoms with Gasteiger partial charge in [0.1, 0.15) is 11.9 Å². The predicted octanol–water partition coefficient (Wildman–Crippen LogP) is 2.77. The number of nitrogens with one attached hydrogen (secondary N) is 1. The van der Waals surface area contributed by atoms with E-state index >= 15 is 0 Å². The molecule has 0 aliphatic heterocycles. The molecule has 1 aromatic carbocycles. The minimum atomic E-state index is -0.495. The van der Waals surface area contributed by atoms with E-state index in [1.54, 1.807) is 18.2 Å². The Balaban J connectivity index is 2.36. The van der Waals surface area contributed by atoms with Crippen molar-refractivity contribution in [1.29, 1.82) is 0 Å². The molecule has 0 unspecified atom stereocenters. The van der Waals surface area contributed by atoms with Crippen LogP contribution in [0.2, 0.25) is 0 Å². The monoisotopic (exact) mass is 273 g/mol. The number of rotatable bonds is 3. The highest BCUT2D eigenvalue weighted by Gasteiger charge is 2.15. The molecule has 0 saturated heterocycles. The molecule has 4 heteroatoms. The lowest BCUT2D eigenvalue weighted by Crippen LogP contribution is -2.32. The van der Waals surface area contributed by atoms with Gasteiger partial charge < -0.3 is 10.1 Å². The molecular formula is C16H19NO3. The fourth-order valence-corrected chi connectivity index (χ4v) is 1.40. The van der Waals surface area contributed by atoms with Gasteiger partial charge in [-0.2, -0.15) is 0 Å². The molecule has 1 rings (SSSR count). The van der Waals surface area contributed by atoms with Crippen molar-refractivity contribution in [2.24, 2.45) is 0 Å². The van der Waals surface area contributed by atoms with Crippen molar-refractivity contribution in [1.82, 2.24) is 5.32 Å². The Hall–Kier alpha value is -2.28. The Morgan fingerprint density at radius 2 is 2.15 bits per heavy atom. The second-order valence-corrected chi connectivity index (χ2v) is 5.22. The number of amides is 1. The maximum Gasteiger partial charge on any atom is 0.407 e. The first kappa shape index (κ1) is 15.8. The highest BCUT2D eigenvalue weighted by atomic mass is 16.6. The number of hydrogen-bond acceptors (Lipinski definition) is 3. The smallest absolute Gasteiger partial charge is 0.407 e. The fraction of sp³-hybridized carbons (Fsp3) is 0.375. The van der Waals surface area contributed by atoms with E-state index in [-0.39, 0.29) is 0 Å². The second-order valence-electron chi connectivity index (χ2n) is 5.22. The normalized spacial score (nSPS) is 10.2. The third kappa shape index (κ3) is 6.60. The Morgan fingerprint density at radius 3 is 2.80 bits per heavy atom. The topological polar surface area (TPSA) is 55.4 Å². The zero-order valence-electron chi connectivity index (χ0n) is 12.0. The molecule has 4 nitrogen and oxygen atoms in total. The molecule has 1 amide bonds. The summed E-state index contributed by atoms with van der Waals surface area (Å²) in [7, 11) is 0. The molecule has 0 aliphatic carbocycles. The molecule has 0 radical (unpaired) electrons. The Kier molecular flexibility index (Phi) is 5.79. The molecule has 1 N–H and O–H groups in total. The molecule has 20 heavy (non-hydrogen) atoms. The molecule has 0 heterocycles. The zero-order valence-corrected chi connectivity index (χ0v) is 12.0. The summed E-state index contributed by atoms with van der Waals surface area (Å²) in [5, 5.41) is 2.63. The van der Waals surface area contributed by atoms with Crippen LogP contribution >= 0.6 is 0 Å². The summed E-state index contributed by atoms with van der Waals surface area (Å²) >= 11 is 0. The summed E-state index contributed by atoms with van der Waals surface area (Å²) in [6.07, 6.45) is 0.863. The van der Waals surface area contributed by atoms with Gasteiger partial charge in [0.25, 0.3) is 0 Å². The van der Waals surface area contributed by atoms with Crippen LogP contribution < -0.4 is 5.32 Å². The van der Waals surface area contributed by atoms with Crippen molar-refractivity contribution in [3.05, 3.63) is 35.4 Å². The Bertz CT molecular complexity index is 533. The van der Waals surface area contributed by atoms with Crippen LogP contribution in [0.25, 0.3) is 0 Å². The molecule has 0 fully saturated rings. The summed E-state index contributed by atoms with van der Waals surface area (Å²) in [6.45, 7) is 5.86. The molecule has 0 aromatic heterocycles. The van der Waals surface area contributed by atoms with Gasteiger partial charge in [-0.05, 0) is 32.9 Å². The minimum Gasteiger partial charge on any atom is -0.444 e. The van der Waals surface area contributed by atoms with E-state index in [1.807, 2.05) is 26.8 Å². The predicted molar refractivity (Wildman–Crippen MR) is 77.6 cm³/mol. The lowest BCUT2D eigenvalue weighted by molar-refractivity contribution is 0.0529. The van der Waals surface area contributed by atoms with Crippen LogP contribution in [0.15, 0.2) is 24.3 Å². The SMILES string of the molecule is CC(C)(C)OC(=O)NCCC#Cc1cccc(C=O)c1. The van der Waals surface area contributed by atoms with Gasteiger partial charge in [0.15, 0.2) is 0 Å². The summed E-state index contributed by atoms with van der Waals surface area (Å²) in [5.41, 5.74) is 0.890. The average Bonchev–Trinajstić information content (AvgIpc) is 2.36. The number of ether oxygens (including phenoxy) is 1. The zero-order chi connectivity index (χ0) is 15.0. The van der Waals surface area contributed by atoms with Crippen molar-refractivity contribution in [3.63, 3.8) is 0 Å². The lowest BCUT2D eigenvalue weighted by Gasteiger charge is -2.19. The molecule has 1 aromatic rings. The average molecular weight is 273 g/mol. The maximum absolute atomic E-state index is 11.4. The highest BCUT2D eigenvalue weighted by Crippen LogP contribution is 2.06. The van der Waals surface area contributed by atoms with E-state index in [4.69, 9.17) is 4.74 Å². The molecule has 0 saturated carbocycles. The van der Waals surface area contributed by atoms with E-state index in [2.05, 4.69) is 17.2 Å². The molecule has 106 valence electrons. The van der Waals surface area contributed by atoms with E-state index in [9.17, 15) is 9.59 Å². The molecule has 0 aliphatic rings. The van der Waals surface area contributed by atoms with Gasteiger partial charge in [-0.3, -0.25) is 4.79 Å². The van der Waals surface area contributed by atoms with Gasteiger partial charge in [0.2, 0.25) is 0 Å². The van der Waals surface area contributed by atoms with Crippen LogP contribution in [0, 0.1) is 11.8 Å². The van der Waals surface area contributed by atoms with Crippen molar-refractivity contribution in [2.75, 3.05) is 6.54 Å². The number of carbonyl (C=O) groups excluding carboxylic acids is 2. The number of hydrogen-bond donors (Lipinski definition) is 1. The van der Waals surface area contributed by atoms with E-state index in [0.717, 1.165) is 11.8 Å². The number of aldehydes is 1. The van der Waals surface area contributed by atoms with Crippen LogP contribution in [0.1, 0.15) is 43.1 Å². The Morgan fingerprint density at radius 1 is 1.40 bits per heavy atom. The van der Waals surface area contributed by atoms with Crippen LogP contribution in [0.3, 0.4) is 0 Å². The Labute approximate surface area is 119 Å². The van der Waals surface area contributed by atoms with Crippen LogP contribution in [0.5, 0.6) is 0 Å². The van der Waals surface area contributed by atoms with Crippen LogP contribution in [-0.4, -0.2) is 24.5 Å². The first-order valence-electron chi connectivity index (χ1n) is 6.42. The largest absolute Gasteiger partial charge is 0.444 e. The van der Waals surface area contributed by atoms with E-state index < -0.39 is 11.7 Å². The molecule has 0 atom stereocenters. The quantitative estimate of drug-likeness (QED) is 0.523. The van der Waals surface area contributed by atoms with Gasteiger partial charge in [-0.1, -0.05) is 24.0 Å². The van der Waals surface area contributed by atoms with Crippen molar-refractivity contribution >= 4 is 12.4 Å². The first-order chi connectivity index (χ1) is 9.40. The summed E-state index contributed by atoms with van der Waals surface area (Å²) in [6, 6.07) is 7.07. The lowest BCUT2D eigenvalue weighted by atomic mass is 10.1. The standard InChI is InChI=1S/C16H19NO3/c1-16(2,3)20-15(19)17-10-5-4-7-13-8-6-9-14(11-13)12-18/h6,8-9,11-12H,5,10H2,1-3H3,(H,17,19).